The fourth-order valence-corrected chi connectivity index (χ4v) is 3.50. The van der Waals surface area contributed by atoms with Gasteiger partial charge in [-0.25, -0.2) is 8.42 Å². The van der Waals surface area contributed by atoms with E-state index < -0.39 is 10.0 Å². The first-order chi connectivity index (χ1) is 6.09. The Morgan fingerprint density at radius 1 is 1.23 bits per heavy atom. The molecule has 1 heterocycles. The first kappa shape index (κ1) is 9.43. The molecule has 4 nitrogen and oxygen atoms in total. The van der Waals surface area contributed by atoms with E-state index in [9.17, 15) is 8.42 Å². The van der Waals surface area contributed by atoms with Crippen LogP contribution in [0.15, 0.2) is 0 Å². The summed E-state index contributed by atoms with van der Waals surface area (Å²) in [7, 11) is -2.99. The van der Waals surface area contributed by atoms with Gasteiger partial charge in [-0.3, -0.25) is 0 Å². The van der Waals surface area contributed by atoms with Crippen LogP contribution in [0.1, 0.15) is 19.3 Å². The van der Waals surface area contributed by atoms with Gasteiger partial charge in [0.25, 0.3) is 0 Å². The Kier molecular flexibility index (Phi) is 2.33. The van der Waals surface area contributed by atoms with Gasteiger partial charge >= 0.3 is 0 Å². The topological polar surface area (TPSA) is 49.4 Å². The van der Waals surface area contributed by atoms with Gasteiger partial charge < -0.3 is 5.32 Å². The number of nitrogens with zero attached hydrogens (tertiary/aromatic N) is 1. The molecule has 1 aliphatic heterocycles. The zero-order valence-electron chi connectivity index (χ0n) is 7.86. The summed E-state index contributed by atoms with van der Waals surface area (Å²) in [6, 6.07) is 0.516. The third-order valence-electron chi connectivity index (χ3n) is 2.68. The van der Waals surface area contributed by atoms with E-state index >= 15 is 0 Å². The van der Waals surface area contributed by atoms with Crippen molar-refractivity contribution in [3.8, 4) is 0 Å². The maximum absolute atomic E-state index is 11.5. The van der Waals surface area contributed by atoms with E-state index in [-0.39, 0.29) is 6.04 Å². The molecule has 1 unspecified atom stereocenters. The van der Waals surface area contributed by atoms with Gasteiger partial charge in [-0.1, -0.05) is 0 Å². The van der Waals surface area contributed by atoms with Gasteiger partial charge in [0.05, 0.1) is 6.26 Å². The molecular formula is C8H16N2O2S. The highest BCUT2D eigenvalue weighted by Crippen LogP contribution is 2.32. The van der Waals surface area contributed by atoms with E-state index in [1.54, 1.807) is 4.31 Å². The Bertz CT molecular complexity index is 279. The lowest BCUT2D eigenvalue weighted by molar-refractivity contribution is 0.329. The Hall–Kier alpha value is -0.130. The molecule has 1 aliphatic carbocycles. The summed E-state index contributed by atoms with van der Waals surface area (Å²) in [6.07, 6.45) is 4.38. The molecule has 1 saturated carbocycles. The molecule has 1 N–H and O–H groups in total. The maximum atomic E-state index is 11.5. The molecule has 0 aromatic carbocycles. The first-order valence-corrected chi connectivity index (χ1v) is 6.63. The number of hydrogen-bond donors (Lipinski definition) is 1. The molecule has 0 aromatic heterocycles. The molecular weight excluding hydrogens is 188 g/mol. The third kappa shape index (κ3) is 2.03. The average Bonchev–Trinajstić information content (AvgIpc) is 2.63. The normalized spacial score (nSPS) is 29.8. The molecule has 76 valence electrons. The van der Waals surface area contributed by atoms with Crippen molar-refractivity contribution < 1.29 is 8.42 Å². The van der Waals surface area contributed by atoms with E-state index in [2.05, 4.69) is 5.32 Å². The van der Waals surface area contributed by atoms with Crippen molar-refractivity contribution >= 4 is 10.0 Å². The minimum absolute atomic E-state index is 0.211. The van der Waals surface area contributed by atoms with E-state index in [0.717, 1.165) is 32.4 Å². The molecule has 0 amide bonds. The van der Waals surface area contributed by atoms with Crippen molar-refractivity contribution in [2.45, 2.75) is 31.3 Å². The Balaban J connectivity index is 2.13. The number of sulfonamides is 1. The van der Waals surface area contributed by atoms with Crippen LogP contribution in [0.4, 0.5) is 0 Å². The Labute approximate surface area is 79.4 Å². The summed E-state index contributed by atoms with van der Waals surface area (Å²) >= 11 is 0. The van der Waals surface area contributed by atoms with Gasteiger partial charge in [-0.15, -0.1) is 0 Å². The molecule has 0 bridgehead atoms. The van der Waals surface area contributed by atoms with Crippen LogP contribution in [-0.4, -0.2) is 44.2 Å². The first-order valence-electron chi connectivity index (χ1n) is 4.78. The van der Waals surface area contributed by atoms with Gasteiger partial charge in [-0.2, -0.15) is 4.31 Å². The van der Waals surface area contributed by atoms with Gasteiger partial charge in [-0.05, 0) is 25.8 Å². The summed E-state index contributed by atoms with van der Waals surface area (Å²) in [5, 5.41) is 3.20. The van der Waals surface area contributed by atoms with Crippen molar-refractivity contribution in [1.82, 2.24) is 9.62 Å². The second-order valence-corrected chi connectivity index (χ2v) is 5.86. The van der Waals surface area contributed by atoms with Crippen LogP contribution in [0.3, 0.4) is 0 Å². The molecule has 1 atom stereocenters. The third-order valence-corrected chi connectivity index (χ3v) is 4.05. The molecule has 2 fully saturated rings. The van der Waals surface area contributed by atoms with Gasteiger partial charge in [0, 0.05) is 18.6 Å². The molecule has 5 heteroatoms. The monoisotopic (exact) mass is 204 g/mol. The van der Waals surface area contributed by atoms with E-state index in [1.165, 1.54) is 6.26 Å². The summed E-state index contributed by atoms with van der Waals surface area (Å²) in [5.41, 5.74) is 0. The summed E-state index contributed by atoms with van der Waals surface area (Å²) in [5.74, 6) is 0. The molecule has 2 aliphatic rings. The van der Waals surface area contributed by atoms with Crippen molar-refractivity contribution in [3.63, 3.8) is 0 Å². The second kappa shape index (κ2) is 3.22. The largest absolute Gasteiger partial charge is 0.315 e. The minimum atomic E-state index is -2.99. The maximum Gasteiger partial charge on any atom is 0.211 e. The highest BCUT2D eigenvalue weighted by molar-refractivity contribution is 7.88. The van der Waals surface area contributed by atoms with Crippen LogP contribution in [0.25, 0.3) is 0 Å². The second-order valence-electron chi connectivity index (χ2n) is 3.97. The number of rotatable bonds is 3. The number of hydrogen-bond acceptors (Lipinski definition) is 3. The SMILES string of the molecule is CS(=O)(=O)N(C1CC1)C1CCNC1. The Morgan fingerprint density at radius 3 is 2.31 bits per heavy atom. The predicted octanol–water partition coefficient (Wildman–Crippen LogP) is -0.228. The van der Waals surface area contributed by atoms with Crippen LogP contribution in [0, 0.1) is 0 Å². The van der Waals surface area contributed by atoms with Crippen LogP contribution < -0.4 is 5.32 Å². The van der Waals surface area contributed by atoms with Gasteiger partial charge in [0.2, 0.25) is 10.0 Å². The summed E-state index contributed by atoms with van der Waals surface area (Å²) < 4.78 is 24.7. The van der Waals surface area contributed by atoms with Gasteiger partial charge in [0.1, 0.15) is 0 Å². The van der Waals surface area contributed by atoms with Crippen molar-refractivity contribution in [3.05, 3.63) is 0 Å². The summed E-state index contributed by atoms with van der Waals surface area (Å²) in [6.45, 7) is 1.77. The van der Waals surface area contributed by atoms with Crippen molar-refractivity contribution in [1.29, 1.82) is 0 Å². The molecule has 0 radical (unpaired) electrons. The van der Waals surface area contributed by atoms with E-state index in [0.29, 0.717) is 6.04 Å². The van der Waals surface area contributed by atoms with Crippen molar-refractivity contribution in [2.75, 3.05) is 19.3 Å². The lowest BCUT2D eigenvalue weighted by atomic mass is 10.2. The fourth-order valence-electron chi connectivity index (χ4n) is 2.03. The van der Waals surface area contributed by atoms with Crippen LogP contribution in [0.2, 0.25) is 0 Å². The molecule has 2 rings (SSSR count). The smallest absolute Gasteiger partial charge is 0.211 e. The van der Waals surface area contributed by atoms with Gasteiger partial charge in [0.15, 0.2) is 0 Å². The van der Waals surface area contributed by atoms with Crippen LogP contribution >= 0.6 is 0 Å². The Morgan fingerprint density at radius 2 is 1.92 bits per heavy atom. The lowest BCUT2D eigenvalue weighted by Crippen LogP contribution is -2.42. The molecule has 13 heavy (non-hydrogen) atoms. The fraction of sp³-hybridized carbons (Fsp3) is 1.00. The average molecular weight is 204 g/mol. The predicted molar refractivity (Wildman–Crippen MR) is 51.0 cm³/mol. The number of nitrogens with one attached hydrogen (secondary N) is 1. The van der Waals surface area contributed by atoms with E-state index in [1.807, 2.05) is 0 Å². The quantitative estimate of drug-likeness (QED) is 0.691. The lowest BCUT2D eigenvalue weighted by Gasteiger charge is -2.25. The minimum Gasteiger partial charge on any atom is -0.315 e. The zero-order valence-corrected chi connectivity index (χ0v) is 8.68. The van der Waals surface area contributed by atoms with E-state index in [4.69, 9.17) is 0 Å². The highest BCUT2D eigenvalue weighted by atomic mass is 32.2. The molecule has 0 spiro atoms. The zero-order chi connectivity index (χ0) is 9.47. The van der Waals surface area contributed by atoms with Crippen molar-refractivity contribution in [2.24, 2.45) is 0 Å². The molecule has 1 saturated heterocycles. The van der Waals surface area contributed by atoms with Crippen LogP contribution in [0.5, 0.6) is 0 Å². The highest BCUT2D eigenvalue weighted by Gasteiger charge is 2.40. The standard InChI is InChI=1S/C8H16N2O2S/c1-13(11,12)10(7-2-3-7)8-4-5-9-6-8/h7-9H,2-6H2,1H3. The molecule has 0 aromatic rings. The van der Waals surface area contributed by atoms with Crippen LogP contribution in [-0.2, 0) is 10.0 Å². The summed E-state index contributed by atoms with van der Waals surface area (Å²) in [4.78, 5) is 0.